The summed E-state index contributed by atoms with van der Waals surface area (Å²) in [4.78, 5) is 0. The molecule has 0 spiro atoms. The van der Waals surface area contributed by atoms with E-state index in [1.54, 1.807) is 12.1 Å². The minimum Gasteiger partial charge on any atom is -0.307 e. The van der Waals surface area contributed by atoms with Gasteiger partial charge in [0.15, 0.2) is 11.6 Å². The number of benzene rings is 1. The van der Waals surface area contributed by atoms with Crippen molar-refractivity contribution in [2.45, 2.75) is 25.8 Å². The Bertz CT molecular complexity index is 566. The predicted molar refractivity (Wildman–Crippen MR) is 70.4 cm³/mol. The molecular weight excluding hydrogens is 276 g/mol. The van der Waals surface area contributed by atoms with E-state index in [0.717, 1.165) is 0 Å². The van der Waals surface area contributed by atoms with E-state index in [0.29, 0.717) is 17.2 Å². The fraction of sp³-hybridized carbons (Fsp3) is 0.333. The number of hydrogen-bond donors (Lipinski definition) is 0. The summed E-state index contributed by atoms with van der Waals surface area (Å²) >= 11 is 11.6. The molecule has 96 valence electrons. The molecule has 1 heterocycles. The molecular formula is C12H12Cl2FN3. The normalized spacial score (nSPS) is 11.2. The summed E-state index contributed by atoms with van der Waals surface area (Å²) in [5, 5.41) is 8.05. The van der Waals surface area contributed by atoms with Gasteiger partial charge >= 0.3 is 0 Å². The van der Waals surface area contributed by atoms with Gasteiger partial charge in [-0.25, -0.2) is 4.39 Å². The second-order valence-corrected chi connectivity index (χ2v) is 4.81. The lowest BCUT2D eigenvalue weighted by Crippen LogP contribution is -2.07. The first kappa shape index (κ1) is 13.3. The molecule has 0 bridgehead atoms. The van der Waals surface area contributed by atoms with Gasteiger partial charge in [-0.15, -0.1) is 21.8 Å². The lowest BCUT2D eigenvalue weighted by Gasteiger charge is -2.13. The van der Waals surface area contributed by atoms with Crippen LogP contribution in [0.3, 0.4) is 0 Å². The van der Waals surface area contributed by atoms with Crippen LogP contribution in [0.25, 0.3) is 11.4 Å². The molecule has 0 atom stereocenters. The van der Waals surface area contributed by atoms with Gasteiger partial charge in [-0.1, -0.05) is 17.7 Å². The molecule has 0 fully saturated rings. The molecule has 2 aromatic rings. The Labute approximate surface area is 115 Å². The van der Waals surface area contributed by atoms with Crippen LogP contribution in [0.4, 0.5) is 4.39 Å². The average molecular weight is 288 g/mol. The van der Waals surface area contributed by atoms with E-state index in [2.05, 4.69) is 10.2 Å². The van der Waals surface area contributed by atoms with Crippen molar-refractivity contribution in [3.63, 3.8) is 0 Å². The highest BCUT2D eigenvalue weighted by atomic mass is 35.5. The van der Waals surface area contributed by atoms with Crippen LogP contribution >= 0.6 is 23.2 Å². The standard InChI is InChI=1S/C12H12Cl2FN3/c1-7(2)18-10(6-13)16-17-12(18)8-4-3-5-9(14)11(8)15/h3-5,7H,6H2,1-2H3. The zero-order valence-corrected chi connectivity index (χ0v) is 11.5. The summed E-state index contributed by atoms with van der Waals surface area (Å²) in [6, 6.07) is 4.89. The monoisotopic (exact) mass is 287 g/mol. The zero-order valence-electron chi connectivity index (χ0n) is 9.99. The lowest BCUT2D eigenvalue weighted by molar-refractivity contribution is 0.579. The van der Waals surface area contributed by atoms with Crippen molar-refractivity contribution in [1.82, 2.24) is 14.8 Å². The minimum absolute atomic E-state index is 0.0678. The molecule has 0 N–H and O–H groups in total. The third-order valence-corrected chi connectivity index (χ3v) is 3.13. The molecule has 0 radical (unpaired) electrons. The maximum atomic E-state index is 14.0. The number of halogens is 3. The van der Waals surface area contributed by atoms with Crippen LogP contribution in [0.15, 0.2) is 18.2 Å². The maximum Gasteiger partial charge on any atom is 0.167 e. The topological polar surface area (TPSA) is 30.7 Å². The van der Waals surface area contributed by atoms with Crippen molar-refractivity contribution in [2.75, 3.05) is 0 Å². The number of alkyl halides is 1. The molecule has 1 aromatic heterocycles. The third-order valence-electron chi connectivity index (χ3n) is 2.59. The molecule has 1 aromatic carbocycles. The van der Waals surface area contributed by atoms with Gasteiger partial charge < -0.3 is 4.57 Å². The Morgan fingerprint density at radius 1 is 1.33 bits per heavy atom. The summed E-state index contributed by atoms with van der Waals surface area (Å²) in [5.41, 5.74) is 0.333. The lowest BCUT2D eigenvalue weighted by atomic mass is 10.2. The third kappa shape index (κ3) is 2.22. The highest BCUT2D eigenvalue weighted by Crippen LogP contribution is 2.28. The van der Waals surface area contributed by atoms with Crippen molar-refractivity contribution in [1.29, 1.82) is 0 Å². The first-order chi connectivity index (χ1) is 8.56. The largest absolute Gasteiger partial charge is 0.307 e. The van der Waals surface area contributed by atoms with Crippen LogP contribution in [0.1, 0.15) is 25.7 Å². The summed E-state index contributed by atoms with van der Waals surface area (Å²) < 4.78 is 15.8. The Hall–Kier alpha value is -1.13. The highest BCUT2D eigenvalue weighted by Gasteiger charge is 2.19. The molecule has 6 heteroatoms. The zero-order chi connectivity index (χ0) is 13.3. The summed E-state index contributed by atoms with van der Waals surface area (Å²) in [5.74, 6) is 0.796. The molecule has 18 heavy (non-hydrogen) atoms. The number of nitrogens with zero attached hydrogens (tertiary/aromatic N) is 3. The Balaban J connectivity index is 2.64. The van der Waals surface area contributed by atoms with Gasteiger partial charge in [0.1, 0.15) is 5.82 Å². The van der Waals surface area contributed by atoms with Gasteiger partial charge in [-0.2, -0.15) is 0 Å². The van der Waals surface area contributed by atoms with Crippen LogP contribution in [0, 0.1) is 5.82 Å². The Morgan fingerprint density at radius 3 is 2.67 bits per heavy atom. The second-order valence-electron chi connectivity index (χ2n) is 4.14. The Morgan fingerprint density at radius 2 is 2.06 bits per heavy atom. The van der Waals surface area contributed by atoms with Gasteiger partial charge in [-0.05, 0) is 26.0 Å². The fourth-order valence-corrected chi connectivity index (χ4v) is 2.17. The molecule has 0 aliphatic carbocycles. The molecule has 0 aliphatic rings. The van der Waals surface area contributed by atoms with Crippen LogP contribution < -0.4 is 0 Å². The van der Waals surface area contributed by atoms with Crippen molar-refractivity contribution in [3.8, 4) is 11.4 Å². The molecule has 0 unspecified atom stereocenters. The maximum absolute atomic E-state index is 14.0. The van der Waals surface area contributed by atoms with E-state index in [4.69, 9.17) is 23.2 Å². The number of aromatic nitrogens is 3. The van der Waals surface area contributed by atoms with Crippen LogP contribution in [-0.2, 0) is 5.88 Å². The van der Waals surface area contributed by atoms with Gasteiger partial charge in [0.05, 0.1) is 16.5 Å². The van der Waals surface area contributed by atoms with Crippen LogP contribution in [-0.4, -0.2) is 14.8 Å². The van der Waals surface area contributed by atoms with Crippen molar-refractivity contribution >= 4 is 23.2 Å². The van der Waals surface area contributed by atoms with Gasteiger partial charge in [0.2, 0.25) is 0 Å². The van der Waals surface area contributed by atoms with Crippen LogP contribution in [0.5, 0.6) is 0 Å². The smallest absolute Gasteiger partial charge is 0.167 e. The number of rotatable bonds is 3. The van der Waals surface area contributed by atoms with E-state index < -0.39 is 5.82 Å². The quantitative estimate of drug-likeness (QED) is 0.797. The van der Waals surface area contributed by atoms with Crippen molar-refractivity contribution in [2.24, 2.45) is 0 Å². The molecule has 0 saturated heterocycles. The summed E-state index contributed by atoms with van der Waals surface area (Å²) in [6.45, 7) is 3.93. The first-order valence-corrected chi connectivity index (χ1v) is 6.41. The van der Waals surface area contributed by atoms with E-state index in [9.17, 15) is 4.39 Å². The highest BCUT2D eigenvalue weighted by molar-refractivity contribution is 6.31. The first-order valence-electron chi connectivity index (χ1n) is 5.50. The van der Waals surface area contributed by atoms with E-state index in [1.807, 2.05) is 18.4 Å². The summed E-state index contributed by atoms with van der Waals surface area (Å²) in [7, 11) is 0. The van der Waals surface area contributed by atoms with E-state index in [-0.39, 0.29) is 16.9 Å². The van der Waals surface area contributed by atoms with Gasteiger partial charge in [0, 0.05) is 6.04 Å². The van der Waals surface area contributed by atoms with Crippen molar-refractivity contribution in [3.05, 3.63) is 34.9 Å². The fourth-order valence-electron chi connectivity index (χ4n) is 1.82. The van der Waals surface area contributed by atoms with Crippen molar-refractivity contribution < 1.29 is 4.39 Å². The second kappa shape index (κ2) is 5.24. The molecule has 0 aliphatic heterocycles. The predicted octanol–water partition coefficient (Wildman–Crippen LogP) is 4.06. The molecule has 0 amide bonds. The molecule has 2 rings (SSSR count). The van der Waals surface area contributed by atoms with E-state index >= 15 is 0 Å². The Kier molecular flexibility index (Phi) is 3.88. The average Bonchev–Trinajstić information content (AvgIpc) is 2.76. The molecule has 0 saturated carbocycles. The number of hydrogen-bond acceptors (Lipinski definition) is 2. The molecule has 3 nitrogen and oxygen atoms in total. The van der Waals surface area contributed by atoms with E-state index in [1.165, 1.54) is 6.07 Å². The van der Waals surface area contributed by atoms with Gasteiger partial charge in [0.25, 0.3) is 0 Å². The summed E-state index contributed by atoms with van der Waals surface area (Å²) in [6.07, 6.45) is 0. The van der Waals surface area contributed by atoms with Crippen LogP contribution in [0.2, 0.25) is 5.02 Å². The minimum atomic E-state index is -0.491. The van der Waals surface area contributed by atoms with Gasteiger partial charge in [-0.3, -0.25) is 0 Å². The SMILES string of the molecule is CC(C)n1c(CCl)nnc1-c1cccc(Cl)c1F.